The molecule has 0 radical (unpaired) electrons. The lowest BCUT2D eigenvalue weighted by Crippen LogP contribution is -2.70. The highest BCUT2D eigenvalue weighted by Crippen LogP contribution is 2.56. The minimum atomic E-state index is -3.02. The molecule has 1 fully saturated rings. The monoisotopic (exact) mass is 593 g/mol. The predicted octanol–water partition coefficient (Wildman–Crippen LogP) is 1.42. The number of carbonyl (C=O) groups is 4. The number of amides is 2. The van der Waals surface area contributed by atoms with Gasteiger partial charge in [-0.05, 0) is 50.7 Å². The Morgan fingerprint density at radius 2 is 1.67 bits per heavy atom. The Morgan fingerprint density at radius 1 is 1.05 bits per heavy atom. The van der Waals surface area contributed by atoms with E-state index in [-0.39, 0.29) is 17.0 Å². The lowest BCUT2D eigenvalue weighted by molar-refractivity contribution is -0.169. The summed E-state index contributed by atoms with van der Waals surface area (Å²) in [5, 5.41) is 59.3. The van der Waals surface area contributed by atoms with Gasteiger partial charge in [0.2, 0.25) is 5.78 Å². The third kappa shape index (κ3) is 4.27. The summed E-state index contributed by atoms with van der Waals surface area (Å²) in [7, 11) is 2.86. The zero-order valence-electron chi connectivity index (χ0n) is 23.7. The molecular formula is C30H31N3O10. The molecule has 0 heterocycles. The molecule has 6 atom stereocenters. The quantitative estimate of drug-likeness (QED) is 0.198. The van der Waals surface area contributed by atoms with Crippen LogP contribution >= 0.6 is 0 Å². The van der Waals surface area contributed by atoms with Crippen LogP contribution in [-0.4, -0.2) is 85.8 Å². The number of nitrogens with two attached hydrogens (primary N) is 1. The smallest absolute Gasteiger partial charge is 0.417 e. The summed E-state index contributed by atoms with van der Waals surface area (Å²) in [5.74, 6) is -9.85. The van der Waals surface area contributed by atoms with Crippen LogP contribution in [0.2, 0.25) is 0 Å². The van der Waals surface area contributed by atoms with E-state index in [4.69, 9.17) is 10.5 Å². The maximum absolute atomic E-state index is 14.1. The molecular weight excluding hydrogens is 562 g/mol. The van der Waals surface area contributed by atoms with Crippen LogP contribution in [0.3, 0.4) is 0 Å². The fraction of sp³-hybridized carbons (Fsp3) is 0.333. The second kappa shape index (κ2) is 10.2. The number of anilines is 1. The molecule has 6 unspecified atom stereocenters. The van der Waals surface area contributed by atoms with Crippen molar-refractivity contribution in [3.63, 3.8) is 0 Å². The average Bonchev–Trinajstić information content (AvgIpc) is 2.93. The predicted molar refractivity (Wildman–Crippen MR) is 151 cm³/mol. The summed E-state index contributed by atoms with van der Waals surface area (Å²) in [5.41, 5.74) is 1.57. The van der Waals surface area contributed by atoms with Crippen molar-refractivity contribution in [2.24, 2.45) is 17.6 Å². The number of carbonyl (C=O) groups excluding carboxylic acids is 4. The first-order valence-corrected chi connectivity index (χ1v) is 13.4. The highest BCUT2D eigenvalue weighted by Gasteiger charge is 2.68. The summed E-state index contributed by atoms with van der Waals surface area (Å²) in [4.78, 5) is 53.3. The van der Waals surface area contributed by atoms with Crippen LogP contribution in [-0.2, 0) is 14.4 Å². The van der Waals surface area contributed by atoms with Gasteiger partial charge in [-0.2, -0.15) is 0 Å². The van der Waals surface area contributed by atoms with Crippen molar-refractivity contribution in [2.45, 2.75) is 37.5 Å². The van der Waals surface area contributed by atoms with Gasteiger partial charge in [0.1, 0.15) is 28.6 Å². The Kier molecular flexibility index (Phi) is 7.08. The van der Waals surface area contributed by atoms with Gasteiger partial charge >= 0.3 is 6.09 Å². The van der Waals surface area contributed by atoms with Gasteiger partial charge in [0.05, 0.1) is 29.3 Å². The van der Waals surface area contributed by atoms with Crippen molar-refractivity contribution in [1.29, 1.82) is 0 Å². The average molecular weight is 594 g/mol. The van der Waals surface area contributed by atoms with Crippen LogP contribution in [0.1, 0.15) is 29.5 Å². The second-order valence-electron chi connectivity index (χ2n) is 11.3. The Balaban J connectivity index is 1.62. The topological polar surface area (TPSA) is 220 Å². The molecule has 0 aromatic heterocycles. The van der Waals surface area contributed by atoms with Gasteiger partial charge < -0.3 is 36.0 Å². The summed E-state index contributed by atoms with van der Waals surface area (Å²) in [6.07, 6.45) is -2.66. The standard InChI is InChI=1S/C30H31N3O10/c1-11-5-7-13(8-6-11)43-29(41)32-15-10-9-14-12(2)16-18(23(35)17(14)22(15)34)26(38)30(42)20(24(16)36)21(33(3)4)25(37)19(27(30)39)28(31)40/h5-10,12,16,20-21,24,34-36,39,42H,1-4H3,(H2,31,40)(H,32,41). The van der Waals surface area contributed by atoms with E-state index in [0.717, 1.165) is 5.56 Å². The number of primary amides is 1. The highest BCUT2D eigenvalue weighted by molar-refractivity contribution is 6.24. The molecule has 3 aliphatic carbocycles. The van der Waals surface area contributed by atoms with Crippen molar-refractivity contribution < 1.29 is 49.4 Å². The molecule has 13 heteroatoms. The molecule has 13 nitrogen and oxygen atoms in total. The lowest BCUT2D eigenvalue weighted by Gasteiger charge is -2.53. The van der Waals surface area contributed by atoms with Crippen LogP contribution < -0.4 is 15.8 Å². The van der Waals surface area contributed by atoms with Crippen LogP contribution in [0.5, 0.6) is 11.5 Å². The lowest BCUT2D eigenvalue weighted by atomic mass is 9.54. The Morgan fingerprint density at radius 3 is 2.26 bits per heavy atom. The number of Topliss-reactive ketones (excluding diaryl/α,β-unsaturated/α-hetero) is 2. The third-order valence-corrected chi connectivity index (χ3v) is 8.60. The number of aliphatic hydroxyl groups excluding tert-OH is 3. The molecule has 8 N–H and O–H groups in total. The number of likely N-dealkylation sites (N-methyl/N-ethyl adjacent to an activating group) is 1. The number of fused-ring (bicyclic) bond motifs is 3. The fourth-order valence-corrected chi connectivity index (χ4v) is 6.57. The number of hydrogen-bond donors (Lipinski definition) is 7. The van der Waals surface area contributed by atoms with Crippen molar-refractivity contribution in [2.75, 3.05) is 19.4 Å². The molecule has 3 aliphatic rings. The molecule has 226 valence electrons. The van der Waals surface area contributed by atoms with Crippen molar-refractivity contribution in [3.8, 4) is 11.5 Å². The van der Waals surface area contributed by atoms with Gasteiger partial charge in [0.15, 0.2) is 11.4 Å². The minimum absolute atomic E-state index is 0.177. The van der Waals surface area contributed by atoms with Crippen LogP contribution in [0, 0.1) is 18.8 Å². The molecule has 0 saturated heterocycles. The fourth-order valence-electron chi connectivity index (χ4n) is 6.57. The zero-order valence-corrected chi connectivity index (χ0v) is 23.7. The second-order valence-corrected chi connectivity index (χ2v) is 11.3. The minimum Gasteiger partial charge on any atom is -0.508 e. The van der Waals surface area contributed by atoms with Gasteiger partial charge in [-0.3, -0.25) is 24.6 Å². The van der Waals surface area contributed by atoms with Crippen LogP contribution in [0.25, 0.3) is 5.76 Å². The number of rotatable bonds is 4. The number of ether oxygens (including phenoxy) is 1. The number of aliphatic hydroxyl groups is 4. The Bertz CT molecular complexity index is 1640. The molecule has 2 aromatic carbocycles. The summed E-state index contributed by atoms with van der Waals surface area (Å²) in [6.45, 7) is 3.47. The van der Waals surface area contributed by atoms with Crippen LogP contribution in [0.15, 0.2) is 53.3 Å². The number of aromatic hydroxyl groups is 1. The van der Waals surface area contributed by atoms with E-state index in [1.165, 1.54) is 31.1 Å². The molecule has 0 aliphatic heterocycles. The number of ketones is 2. The molecule has 2 amide bonds. The van der Waals surface area contributed by atoms with Gasteiger partial charge in [0.25, 0.3) is 5.91 Å². The first-order valence-electron chi connectivity index (χ1n) is 13.4. The van der Waals surface area contributed by atoms with Crippen molar-refractivity contribution in [3.05, 3.63) is 70.0 Å². The summed E-state index contributed by atoms with van der Waals surface area (Å²) in [6, 6.07) is 8.00. The molecule has 0 spiro atoms. The molecule has 0 bridgehead atoms. The van der Waals surface area contributed by atoms with Gasteiger partial charge in [-0.15, -0.1) is 0 Å². The Labute approximate surface area is 245 Å². The molecule has 1 saturated carbocycles. The first-order chi connectivity index (χ1) is 20.1. The van der Waals surface area contributed by atoms with E-state index in [2.05, 4.69) is 5.32 Å². The maximum Gasteiger partial charge on any atom is 0.417 e. The van der Waals surface area contributed by atoms with E-state index >= 15 is 0 Å². The summed E-state index contributed by atoms with van der Waals surface area (Å²) < 4.78 is 5.23. The highest BCUT2D eigenvalue weighted by atomic mass is 16.6. The first kappa shape index (κ1) is 29.8. The normalized spacial score (nSPS) is 28.3. The van der Waals surface area contributed by atoms with Crippen LogP contribution in [0.4, 0.5) is 10.5 Å². The number of nitrogens with zero attached hydrogens (tertiary/aromatic N) is 1. The zero-order chi connectivity index (χ0) is 31.7. The van der Waals surface area contributed by atoms with Crippen molar-refractivity contribution in [1.82, 2.24) is 4.90 Å². The van der Waals surface area contributed by atoms with E-state index in [1.54, 1.807) is 31.2 Å². The number of phenolic OH excluding ortho intramolecular Hbond substituents is 1. The number of benzene rings is 2. The number of nitrogens with one attached hydrogen (secondary N) is 1. The van der Waals surface area contributed by atoms with Crippen molar-refractivity contribution >= 4 is 35.0 Å². The third-order valence-electron chi connectivity index (χ3n) is 8.60. The maximum atomic E-state index is 14.1. The number of aryl methyl sites for hydroxylation is 1. The van der Waals surface area contributed by atoms with Gasteiger partial charge in [-0.1, -0.05) is 30.7 Å². The molecule has 5 rings (SSSR count). The number of hydrogen-bond acceptors (Lipinski definition) is 11. The number of phenols is 1. The Hall–Kier alpha value is -4.72. The van der Waals surface area contributed by atoms with E-state index in [9.17, 15) is 44.7 Å². The largest absolute Gasteiger partial charge is 0.508 e. The summed E-state index contributed by atoms with van der Waals surface area (Å²) >= 11 is 0. The van der Waals surface area contributed by atoms with E-state index in [0.29, 0.717) is 5.56 Å². The van der Waals surface area contributed by atoms with Gasteiger partial charge in [0, 0.05) is 11.5 Å². The van der Waals surface area contributed by atoms with E-state index in [1.807, 2.05) is 6.92 Å². The molecule has 43 heavy (non-hydrogen) atoms. The van der Waals surface area contributed by atoms with E-state index < -0.39 is 87.5 Å². The van der Waals surface area contributed by atoms with Gasteiger partial charge in [-0.25, -0.2) is 4.79 Å². The SMILES string of the molecule is Cc1ccc(OC(=O)Nc2ccc3c(c2O)C(O)=C2C(=O)C4(O)C(O)=C(C(N)=O)C(=O)C(N(C)C)C4C(O)C2C3C)cc1. The molecule has 2 aromatic rings.